The van der Waals surface area contributed by atoms with Crippen molar-refractivity contribution in [1.82, 2.24) is 15.3 Å². The van der Waals surface area contributed by atoms with Gasteiger partial charge in [0.2, 0.25) is 17.7 Å². The molecule has 1 heterocycles. The number of aromatic hydroxyl groups is 1. The number of carboxylic acids is 1. The lowest BCUT2D eigenvalue weighted by molar-refractivity contribution is -0.138. The van der Waals surface area contributed by atoms with Gasteiger partial charge in [0, 0.05) is 19.2 Å². The van der Waals surface area contributed by atoms with E-state index in [-0.39, 0.29) is 30.9 Å². The van der Waals surface area contributed by atoms with Crippen molar-refractivity contribution in [2.24, 2.45) is 0 Å². The number of carbonyl (C=O) groups is 3. The number of aliphatic carboxylic acids is 1. The van der Waals surface area contributed by atoms with E-state index in [1.54, 1.807) is 0 Å². The van der Waals surface area contributed by atoms with Gasteiger partial charge in [-0.25, -0.2) is 4.98 Å². The van der Waals surface area contributed by atoms with Crippen molar-refractivity contribution in [3.05, 3.63) is 47.2 Å². The number of hydrogen-bond acceptors (Lipinski definition) is 6. The van der Waals surface area contributed by atoms with Gasteiger partial charge >= 0.3 is 5.97 Å². The number of amides is 2. The Labute approximate surface area is 149 Å². The molecule has 1 aromatic heterocycles. The van der Waals surface area contributed by atoms with Crippen LogP contribution in [0.2, 0.25) is 0 Å². The van der Waals surface area contributed by atoms with E-state index in [0.29, 0.717) is 0 Å². The van der Waals surface area contributed by atoms with Gasteiger partial charge in [0.25, 0.3) is 5.91 Å². The van der Waals surface area contributed by atoms with Crippen LogP contribution >= 0.6 is 0 Å². The Morgan fingerprint density at radius 3 is 2.62 bits per heavy atom. The lowest BCUT2D eigenvalue weighted by Gasteiger charge is -2.08. The van der Waals surface area contributed by atoms with Gasteiger partial charge in [0.05, 0.1) is 6.42 Å². The molecule has 0 saturated carbocycles. The molecule has 2 amide bonds. The predicted octanol–water partition coefficient (Wildman–Crippen LogP) is 1.22. The molecule has 0 radical (unpaired) electrons. The Hall–Kier alpha value is -3.49. The molecule has 1 aromatic carbocycles. The summed E-state index contributed by atoms with van der Waals surface area (Å²) < 4.78 is 0. The van der Waals surface area contributed by atoms with Crippen molar-refractivity contribution < 1.29 is 24.6 Å². The maximum atomic E-state index is 12.1. The highest BCUT2D eigenvalue weighted by Gasteiger charge is 2.15. The van der Waals surface area contributed by atoms with Crippen molar-refractivity contribution >= 4 is 23.7 Å². The molecule has 0 aliphatic carbocycles. The zero-order chi connectivity index (χ0) is 19.1. The molecule has 26 heavy (non-hydrogen) atoms. The second-order valence-corrected chi connectivity index (χ2v) is 5.54. The van der Waals surface area contributed by atoms with Crippen molar-refractivity contribution in [3.8, 4) is 5.88 Å². The summed E-state index contributed by atoms with van der Waals surface area (Å²) in [5, 5.41) is 23.3. The molecular weight excluding hydrogens is 340 g/mol. The van der Waals surface area contributed by atoms with Gasteiger partial charge in [-0.2, -0.15) is 4.98 Å². The number of benzene rings is 1. The number of anilines is 1. The highest BCUT2D eigenvalue weighted by Crippen LogP contribution is 2.15. The van der Waals surface area contributed by atoms with Crippen LogP contribution in [0, 0.1) is 6.92 Å². The number of aromatic nitrogens is 2. The van der Waals surface area contributed by atoms with E-state index in [1.165, 1.54) is 0 Å². The van der Waals surface area contributed by atoms with Crippen molar-refractivity contribution in [2.45, 2.75) is 26.3 Å². The zero-order valence-corrected chi connectivity index (χ0v) is 14.0. The van der Waals surface area contributed by atoms with Gasteiger partial charge in [-0.1, -0.05) is 29.8 Å². The van der Waals surface area contributed by atoms with Gasteiger partial charge in [0.15, 0.2) is 0 Å². The summed E-state index contributed by atoms with van der Waals surface area (Å²) in [5.41, 5.74) is 1.83. The van der Waals surface area contributed by atoms with Crippen LogP contribution in [0.1, 0.15) is 34.3 Å². The summed E-state index contributed by atoms with van der Waals surface area (Å²) in [7, 11) is 0. The fourth-order valence-corrected chi connectivity index (χ4v) is 2.10. The molecule has 2 rings (SSSR count). The summed E-state index contributed by atoms with van der Waals surface area (Å²) in [5.74, 6) is -3.08. The quantitative estimate of drug-likeness (QED) is 0.583. The number of nitrogens with one attached hydrogen (secondary N) is 2. The van der Waals surface area contributed by atoms with Crippen LogP contribution in [0.15, 0.2) is 30.5 Å². The van der Waals surface area contributed by atoms with Gasteiger partial charge < -0.3 is 15.5 Å². The standard InChI is InChI=1S/C17H18N4O5/c1-10-3-2-4-11(7-10)8-18-15(25)12-9-19-17(21-16(12)26)20-13(22)5-6-14(23)24/h2-4,7,9H,5-6,8H2,1H3,(H,18,25)(H,23,24)(H2,19,20,21,22,26). The number of carbonyl (C=O) groups excluding carboxylic acids is 2. The molecule has 0 unspecified atom stereocenters. The van der Waals surface area contributed by atoms with Crippen LogP contribution in [0.5, 0.6) is 5.88 Å². The maximum absolute atomic E-state index is 12.1. The molecule has 0 saturated heterocycles. The van der Waals surface area contributed by atoms with Crippen LogP contribution in [0.4, 0.5) is 5.95 Å². The first-order valence-electron chi connectivity index (χ1n) is 7.76. The average Bonchev–Trinajstić information content (AvgIpc) is 2.58. The second kappa shape index (κ2) is 8.56. The van der Waals surface area contributed by atoms with Crippen molar-refractivity contribution in [3.63, 3.8) is 0 Å². The fraction of sp³-hybridized carbons (Fsp3) is 0.235. The van der Waals surface area contributed by atoms with Crippen molar-refractivity contribution in [1.29, 1.82) is 0 Å². The highest BCUT2D eigenvalue weighted by atomic mass is 16.4. The van der Waals surface area contributed by atoms with Crippen molar-refractivity contribution in [2.75, 3.05) is 5.32 Å². The maximum Gasteiger partial charge on any atom is 0.303 e. The molecule has 0 bridgehead atoms. The van der Waals surface area contributed by atoms with Crippen LogP contribution in [-0.2, 0) is 16.1 Å². The Kier molecular flexibility index (Phi) is 6.20. The molecule has 0 spiro atoms. The largest absolute Gasteiger partial charge is 0.493 e. The summed E-state index contributed by atoms with van der Waals surface area (Å²) in [6.07, 6.45) is 0.496. The Balaban J connectivity index is 1.96. The first kappa shape index (κ1) is 18.8. The Morgan fingerprint density at radius 1 is 1.19 bits per heavy atom. The Morgan fingerprint density at radius 2 is 1.96 bits per heavy atom. The van der Waals surface area contributed by atoms with E-state index in [4.69, 9.17) is 5.11 Å². The van der Waals surface area contributed by atoms with E-state index in [9.17, 15) is 19.5 Å². The van der Waals surface area contributed by atoms with E-state index < -0.39 is 23.7 Å². The molecule has 9 nitrogen and oxygen atoms in total. The number of rotatable bonds is 7. The minimum atomic E-state index is -1.11. The Bertz CT molecular complexity index is 838. The van der Waals surface area contributed by atoms with Gasteiger partial charge in [0.1, 0.15) is 5.56 Å². The lowest BCUT2D eigenvalue weighted by Crippen LogP contribution is -2.24. The van der Waals surface area contributed by atoms with E-state index in [0.717, 1.165) is 17.3 Å². The van der Waals surface area contributed by atoms with Crippen LogP contribution in [0.25, 0.3) is 0 Å². The second-order valence-electron chi connectivity index (χ2n) is 5.54. The number of carboxylic acid groups (broad SMARTS) is 1. The summed E-state index contributed by atoms with van der Waals surface area (Å²) in [6, 6.07) is 7.60. The molecule has 0 fully saturated rings. The van der Waals surface area contributed by atoms with Crippen LogP contribution in [-0.4, -0.2) is 38.0 Å². The smallest absolute Gasteiger partial charge is 0.303 e. The molecule has 0 aliphatic rings. The highest BCUT2D eigenvalue weighted by molar-refractivity contribution is 5.96. The van der Waals surface area contributed by atoms with E-state index >= 15 is 0 Å². The van der Waals surface area contributed by atoms with Gasteiger partial charge in [-0.15, -0.1) is 0 Å². The van der Waals surface area contributed by atoms with Crippen LogP contribution < -0.4 is 10.6 Å². The third-order valence-electron chi connectivity index (χ3n) is 3.37. The summed E-state index contributed by atoms with van der Waals surface area (Å²) in [4.78, 5) is 41.5. The average molecular weight is 358 g/mol. The monoisotopic (exact) mass is 358 g/mol. The summed E-state index contributed by atoms with van der Waals surface area (Å²) >= 11 is 0. The van der Waals surface area contributed by atoms with E-state index in [1.807, 2.05) is 31.2 Å². The molecule has 0 atom stereocenters. The van der Waals surface area contributed by atoms with Crippen LogP contribution in [0.3, 0.4) is 0 Å². The predicted molar refractivity (Wildman–Crippen MR) is 91.5 cm³/mol. The van der Waals surface area contributed by atoms with Gasteiger partial charge in [-0.3, -0.25) is 19.7 Å². The lowest BCUT2D eigenvalue weighted by atomic mass is 10.1. The first-order chi connectivity index (χ1) is 12.3. The molecular formula is C17H18N4O5. The molecule has 2 aromatic rings. The molecule has 0 aliphatic heterocycles. The summed E-state index contributed by atoms with van der Waals surface area (Å²) in [6.45, 7) is 2.21. The molecule has 136 valence electrons. The third kappa shape index (κ3) is 5.55. The molecule has 9 heteroatoms. The minimum absolute atomic E-state index is 0.138. The third-order valence-corrected chi connectivity index (χ3v) is 3.37. The number of nitrogens with zero attached hydrogens (tertiary/aromatic N) is 2. The molecule has 4 N–H and O–H groups in total. The topological polar surface area (TPSA) is 142 Å². The first-order valence-corrected chi connectivity index (χ1v) is 7.76. The van der Waals surface area contributed by atoms with Gasteiger partial charge in [-0.05, 0) is 12.5 Å². The van der Waals surface area contributed by atoms with E-state index in [2.05, 4.69) is 20.6 Å². The number of hydrogen-bond donors (Lipinski definition) is 4. The SMILES string of the molecule is Cc1cccc(CNC(=O)c2cnc(NC(=O)CCC(=O)O)nc2O)c1. The zero-order valence-electron chi connectivity index (χ0n) is 14.0. The normalized spacial score (nSPS) is 10.2. The fourth-order valence-electron chi connectivity index (χ4n) is 2.10. The number of aryl methyl sites for hydroxylation is 1. The minimum Gasteiger partial charge on any atom is -0.493 e.